The van der Waals surface area contributed by atoms with Crippen LogP contribution in [0.25, 0.3) is 0 Å². The Balaban J connectivity index is 2.26. The molecule has 0 aliphatic carbocycles. The summed E-state index contributed by atoms with van der Waals surface area (Å²) in [6.45, 7) is 2.06. The number of nitrogens with one attached hydrogen (secondary N) is 1. The van der Waals surface area contributed by atoms with Crippen molar-refractivity contribution < 1.29 is 4.39 Å². The van der Waals surface area contributed by atoms with Gasteiger partial charge in [-0.1, -0.05) is 19.1 Å². The molecule has 0 aliphatic rings. The van der Waals surface area contributed by atoms with E-state index in [-0.39, 0.29) is 5.82 Å². The minimum absolute atomic E-state index is 0.302. The quantitative estimate of drug-likeness (QED) is 0.865. The standard InChI is InChI=1S/C13H13BrFN3/c1-2-5-12-17-11(14)8-13(18-12)16-10-7-4-3-6-9(10)15/h3-4,6-8H,2,5H2,1H3,(H,16,17,18). The molecule has 1 N–H and O–H groups in total. The van der Waals surface area contributed by atoms with Gasteiger partial charge < -0.3 is 5.32 Å². The van der Waals surface area contributed by atoms with Gasteiger partial charge in [0, 0.05) is 12.5 Å². The van der Waals surface area contributed by atoms with Crippen molar-refractivity contribution in [3.8, 4) is 0 Å². The number of para-hydroxylation sites is 1. The van der Waals surface area contributed by atoms with Crippen LogP contribution in [0.15, 0.2) is 34.9 Å². The third-order valence-corrected chi connectivity index (χ3v) is 2.76. The highest BCUT2D eigenvalue weighted by Crippen LogP contribution is 2.20. The number of aromatic nitrogens is 2. The van der Waals surface area contributed by atoms with Gasteiger partial charge in [-0.15, -0.1) is 0 Å². The van der Waals surface area contributed by atoms with Gasteiger partial charge in [0.1, 0.15) is 22.1 Å². The molecule has 18 heavy (non-hydrogen) atoms. The van der Waals surface area contributed by atoms with E-state index >= 15 is 0 Å². The number of rotatable bonds is 4. The Bertz CT molecular complexity index is 546. The van der Waals surface area contributed by atoms with Crippen LogP contribution in [0.2, 0.25) is 0 Å². The lowest BCUT2D eigenvalue weighted by Crippen LogP contribution is -2.01. The van der Waals surface area contributed by atoms with Crippen LogP contribution < -0.4 is 5.32 Å². The van der Waals surface area contributed by atoms with Crippen LogP contribution in [0.5, 0.6) is 0 Å². The van der Waals surface area contributed by atoms with Gasteiger partial charge in [0.05, 0.1) is 5.69 Å². The molecule has 0 saturated carbocycles. The molecule has 1 aromatic carbocycles. The molecule has 0 fully saturated rings. The summed E-state index contributed by atoms with van der Waals surface area (Å²) in [6.07, 6.45) is 1.76. The lowest BCUT2D eigenvalue weighted by molar-refractivity contribution is 0.631. The van der Waals surface area contributed by atoms with Crippen LogP contribution in [0.4, 0.5) is 15.9 Å². The van der Waals surface area contributed by atoms with E-state index in [0.29, 0.717) is 16.1 Å². The maximum Gasteiger partial charge on any atom is 0.146 e. The van der Waals surface area contributed by atoms with Crippen LogP contribution in [-0.4, -0.2) is 9.97 Å². The third kappa shape index (κ3) is 3.26. The Morgan fingerprint density at radius 1 is 1.28 bits per heavy atom. The van der Waals surface area contributed by atoms with Crippen LogP contribution in [0.1, 0.15) is 19.2 Å². The molecular formula is C13H13BrFN3. The minimum Gasteiger partial charge on any atom is -0.338 e. The number of benzene rings is 1. The number of aryl methyl sites for hydroxylation is 1. The maximum absolute atomic E-state index is 13.5. The molecule has 5 heteroatoms. The zero-order valence-corrected chi connectivity index (χ0v) is 11.5. The van der Waals surface area contributed by atoms with Crippen LogP contribution in [0.3, 0.4) is 0 Å². The molecule has 0 atom stereocenters. The first kappa shape index (κ1) is 13.0. The number of hydrogen-bond acceptors (Lipinski definition) is 3. The average Bonchev–Trinajstić information content (AvgIpc) is 2.32. The van der Waals surface area contributed by atoms with Crippen molar-refractivity contribution in [2.45, 2.75) is 19.8 Å². The van der Waals surface area contributed by atoms with E-state index in [9.17, 15) is 4.39 Å². The van der Waals surface area contributed by atoms with Gasteiger partial charge in [0.25, 0.3) is 0 Å². The number of halogens is 2. The van der Waals surface area contributed by atoms with Gasteiger partial charge in [-0.05, 0) is 34.5 Å². The summed E-state index contributed by atoms with van der Waals surface area (Å²) in [5, 5.41) is 2.96. The van der Waals surface area contributed by atoms with Crippen molar-refractivity contribution in [2.75, 3.05) is 5.32 Å². The highest BCUT2D eigenvalue weighted by molar-refractivity contribution is 9.10. The van der Waals surface area contributed by atoms with Crippen molar-refractivity contribution in [3.05, 3.63) is 46.6 Å². The Morgan fingerprint density at radius 2 is 2.06 bits per heavy atom. The number of anilines is 2. The summed E-state index contributed by atoms with van der Waals surface area (Å²) in [4.78, 5) is 8.60. The SMILES string of the molecule is CCCc1nc(Br)cc(Nc2ccccc2F)n1. The second-order valence-electron chi connectivity index (χ2n) is 3.85. The van der Waals surface area contributed by atoms with Gasteiger partial charge in [-0.3, -0.25) is 0 Å². The predicted molar refractivity (Wildman–Crippen MR) is 73.4 cm³/mol. The van der Waals surface area contributed by atoms with E-state index in [0.717, 1.165) is 18.7 Å². The summed E-state index contributed by atoms with van der Waals surface area (Å²) >= 11 is 3.33. The second-order valence-corrected chi connectivity index (χ2v) is 4.66. The molecule has 1 heterocycles. The molecule has 0 unspecified atom stereocenters. The molecule has 0 saturated heterocycles. The van der Waals surface area contributed by atoms with Gasteiger partial charge in [0.15, 0.2) is 0 Å². The Kier molecular flexibility index (Phi) is 4.25. The van der Waals surface area contributed by atoms with Gasteiger partial charge in [0.2, 0.25) is 0 Å². The Labute approximate surface area is 114 Å². The van der Waals surface area contributed by atoms with Crippen molar-refractivity contribution in [2.24, 2.45) is 0 Å². The summed E-state index contributed by atoms with van der Waals surface area (Å²) in [7, 11) is 0. The highest BCUT2D eigenvalue weighted by Gasteiger charge is 2.05. The van der Waals surface area contributed by atoms with E-state index in [1.54, 1.807) is 24.3 Å². The fourth-order valence-corrected chi connectivity index (χ4v) is 1.99. The molecule has 94 valence electrons. The topological polar surface area (TPSA) is 37.8 Å². The molecule has 3 nitrogen and oxygen atoms in total. The number of hydrogen-bond donors (Lipinski definition) is 1. The van der Waals surface area contributed by atoms with Crippen molar-refractivity contribution >= 4 is 27.4 Å². The van der Waals surface area contributed by atoms with Crippen LogP contribution in [-0.2, 0) is 6.42 Å². The zero-order valence-electron chi connectivity index (χ0n) is 9.95. The number of nitrogens with zero attached hydrogens (tertiary/aromatic N) is 2. The molecule has 1 aromatic heterocycles. The van der Waals surface area contributed by atoms with Crippen molar-refractivity contribution in [1.82, 2.24) is 9.97 Å². The highest BCUT2D eigenvalue weighted by atomic mass is 79.9. The first-order valence-electron chi connectivity index (χ1n) is 5.74. The fourth-order valence-electron chi connectivity index (χ4n) is 1.56. The maximum atomic E-state index is 13.5. The molecule has 0 aliphatic heterocycles. The average molecular weight is 310 g/mol. The first-order valence-corrected chi connectivity index (χ1v) is 6.53. The van der Waals surface area contributed by atoms with Gasteiger partial charge in [-0.25, -0.2) is 14.4 Å². The van der Waals surface area contributed by atoms with Crippen LogP contribution >= 0.6 is 15.9 Å². The minimum atomic E-state index is -0.302. The van der Waals surface area contributed by atoms with E-state index in [1.165, 1.54) is 6.07 Å². The normalized spacial score (nSPS) is 10.4. The molecule has 0 amide bonds. The van der Waals surface area contributed by atoms with E-state index in [1.807, 2.05) is 0 Å². The zero-order chi connectivity index (χ0) is 13.0. The third-order valence-electron chi connectivity index (χ3n) is 2.35. The van der Waals surface area contributed by atoms with Crippen molar-refractivity contribution in [1.29, 1.82) is 0 Å². The summed E-state index contributed by atoms with van der Waals surface area (Å²) in [6, 6.07) is 8.23. The lowest BCUT2D eigenvalue weighted by atomic mass is 10.3. The summed E-state index contributed by atoms with van der Waals surface area (Å²) < 4.78 is 14.2. The summed E-state index contributed by atoms with van der Waals surface area (Å²) in [5.41, 5.74) is 0.408. The smallest absolute Gasteiger partial charge is 0.146 e. The van der Waals surface area contributed by atoms with E-state index in [2.05, 4.69) is 38.1 Å². The van der Waals surface area contributed by atoms with E-state index < -0.39 is 0 Å². The van der Waals surface area contributed by atoms with Gasteiger partial charge in [-0.2, -0.15) is 0 Å². The largest absolute Gasteiger partial charge is 0.338 e. The molecule has 2 aromatic rings. The first-order chi connectivity index (χ1) is 8.69. The molecular weight excluding hydrogens is 297 g/mol. The lowest BCUT2D eigenvalue weighted by Gasteiger charge is -2.08. The Morgan fingerprint density at radius 3 is 2.78 bits per heavy atom. The molecule has 0 radical (unpaired) electrons. The Hall–Kier alpha value is -1.49. The molecule has 0 spiro atoms. The molecule has 0 bridgehead atoms. The molecule has 2 rings (SSSR count). The van der Waals surface area contributed by atoms with E-state index in [4.69, 9.17) is 0 Å². The second kappa shape index (κ2) is 5.91. The monoisotopic (exact) mass is 309 g/mol. The predicted octanol–water partition coefficient (Wildman–Crippen LogP) is 4.07. The summed E-state index contributed by atoms with van der Waals surface area (Å²) in [5.74, 6) is 1.03. The fraction of sp³-hybridized carbons (Fsp3) is 0.231. The van der Waals surface area contributed by atoms with Crippen molar-refractivity contribution in [3.63, 3.8) is 0 Å². The van der Waals surface area contributed by atoms with Gasteiger partial charge >= 0.3 is 0 Å². The van der Waals surface area contributed by atoms with Crippen LogP contribution in [0, 0.1) is 5.82 Å².